The van der Waals surface area contributed by atoms with Crippen LogP contribution >= 0.6 is 0 Å². The van der Waals surface area contributed by atoms with E-state index in [4.69, 9.17) is 9.47 Å². The minimum Gasteiger partial charge on any atom is -0.490 e. The van der Waals surface area contributed by atoms with E-state index in [9.17, 15) is 4.79 Å². The summed E-state index contributed by atoms with van der Waals surface area (Å²) < 4.78 is 13.2. The molecule has 0 fully saturated rings. The van der Waals surface area contributed by atoms with Gasteiger partial charge in [-0.15, -0.1) is 0 Å². The van der Waals surface area contributed by atoms with E-state index >= 15 is 0 Å². The SMILES string of the molecule is O=C(Nc1ccccc1)c1cnn2ccc(NCc3cccc4c3OCCCO4)nc12. The van der Waals surface area contributed by atoms with Crippen molar-refractivity contribution in [1.29, 1.82) is 0 Å². The lowest BCUT2D eigenvalue weighted by Crippen LogP contribution is -2.12. The van der Waals surface area contributed by atoms with Crippen LogP contribution in [0.1, 0.15) is 22.3 Å². The highest BCUT2D eigenvalue weighted by atomic mass is 16.5. The number of rotatable bonds is 5. The van der Waals surface area contributed by atoms with Gasteiger partial charge >= 0.3 is 0 Å². The van der Waals surface area contributed by atoms with Gasteiger partial charge in [-0.05, 0) is 24.3 Å². The van der Waals surface area contributed by atoms with Crippen molar-refractivity contribution in [3.8, 4) is 11.5 Å². The van der Waals surface area contributed by atoms with Crippen molar-refractivity contribution in [1.82, 2.24) is 14.6 Å². The number of carbonyl (C=O) groups excluding carboxylic acids is 1. The quantitative estimate of drug-likeness (QED) is 0.516. The van der Waals surface area contributed by atoms with Crippen LogP contribution < -0.4 is 20.1 Å². The van der Waals surface area contributed by atoms with Crippen LogP contribution in [0.15, 0.2) is 67.0 Å². The molecule has 0 saturated carbocycles. The maximum atomic E-state index is 12.7. The van der Waals surface area contributed by atoms with Gasteiger partial charge in [-0.1, -0.05) is 30.3 Å². The van der Waals surface area contributed by atoms with Gasteiger partial charge in [-0.2, -0.15) is 5.10 Å². The monoisotopic (exact) mass is 415 g/mol. The molecule has 31 heavy (non-hydrogen) atoms. The molecule has 1 amide bonds. The molecule has 4 aromatic rings. The Morgan fingerprint density at radius 3 is 2.81 bits per heavy atom. The summed E-state index contributed by atoms with van der Waals surface area (Å²) in [5.41, 5.74) is 2.58. The summed E-state index contributed by atoms with van der Waals surface area (Å²) in [6.07, 6.45) is 4.15. The number of fused-ring (bicyclic) bond motifs is 2. The first kappa shape index (κ1) is 18.9. The Kier molecular flexibility index (Phi) is 5.10. The van der Waals surface area contributed by atoms with Gasteiger partial charge in [0.1, 0.15) is 11.4 Å². The highest BCUT2D eigenvalue weighted by molar-refractivity contribution is 6.08. The zero-order chi connectivity index (χ0) is 21.0. The molecule has 0 saturated heterocycles. The van der Waals surface area contributed by atoms with Crippen molar-refractivity contribution in [2.24, 2.45) is 0 Å². The molecule has 1 aliphatic rings. The Morgan fingerprint density at radius 2 is 1.90 bits per heavy atom. The lowest BCUT2D eigenvalue weighted by Gasteiger charge is -2.13. The van der Waals surface area contributed by atoms with E-state index in [1.807, 2.05) is 54.6 Å². The molecule has 0 aliphatic carbocycles. The molecule has 2 aromatic carbocycles. The molecule has 156 valence electrons. The number of ether oxygens (including phenoxy) is 2. The Labute approximate surface area is 178 Å². The minimum absolute atomic E-state index is 0.259. The van der Waals surface area contributed by atoms with Crippen LogP contribution in [0.4, 0.5) is 11.5 Å². The van der Waals surface area contributed by atoms with Crippen LogP contribution in [0.2, 0.25) is 0 Å². The average molecular weight is 415 g/mol. The average Bonchev–Trinajstić information content (AvgIpc) is 3.07. The fourth-order valence-corrected chi connectivity index (χ4v) is 3.43. The molecule has 0 bridgehead atoms. The van der Waals surface area contributed by atoms with Crippen molar-refractivity contribution in [3.63, 3.8) is 0 Å². The third-order valence-corrected chi connectivity index (χ3v) is 4.96. The molecule has 2 N–H and O–H groups in total. The largest absolute Gasteiger partial charge is 0.490 e. The molecular weight excluding hydrogens is 394 g/mol. The van der Waals surface area contributed by atoms with Crippen LogP contribution in [-0.2, 0) is 6.54 Å². The van der Waals surface area contributed by atoms with Crippen molar-refractivity contribution in [2.45, 2.75) is 13.0 Å². The van der Waals surface area contributed by atoms with E-state index in [0.717, 1.165) is 23.5 Å². The normalized spacial score (nSPS) is 12.9. The van der Waals surface area contributed by atoms with Crippen molar-refractivity contribution in [2.75, 3.05) is 23.8 Å². The topological polar surface area (TPSA) is 89.8 Å². The van der Waals surface area contributed by atoms with Gasteiger partial charge in [-0.3, -0.25) is 4.79 Å². The van der Waals surface area contributed by atoms with Crippen LogP contribution in [0, 0.1) is 0 Å². The summed E-state index contributed by atoms with van der Waals surface area (Å²) in [5, 5.41) is 10.4. The number of anilines is 2. The first-order valence-corrected chi connectivity index (χ1v) is 10.1. The van der Waals surface area contributed by atoms with E-state index in [1.165, 1.54) is 6.20 Å². The summed E-state index contributed by atoms with van der Waals surface area (Å²) in [5.74, 6) is 1.90. The fraction of sp³-hybridized carbons (Fsp3) is 0.174. The molecule has 2 aromatic heterocycles. The molecular formula is C23H21N5O3. The van der Waals surface area contributed by atoms with E-state index in [1.54, 1.807) is 10.7 Å². The van der Waals surface area contributed by atoms with E-state index in [0.29, 0.717) is 42.5 Å². The third-order valence-electron chi connectivity index (χ3n) is 4.96. The number of carbonyl (C=O) groups is 1. The van der Waals surface area contributed by atoms with Crippen molar-refractivity contribution >= 4 is 23.1 Å². The second-order valence-corrected chi connectivity index (χ2v) is 7.11. The van der Waals surface area contributed by atoms with E-state index in [-0.39, 0.29) is 5.91 Å². The molecule has 5 rings (SSSR count). The van der Waals surface area contributed by atoms with Gasteiger partial charge in [0.25, 0.3) is 5.91 Å². The number of nitrogens with one attached hydrogen (secondary N) is 2. The van der Waals surface area contributed by atoms with Crippen molar-refractivity contribution in [3.05, 3.63) is 78.1 Å². The Hall–Kier alpha value is -4.07. The lowest BCUT2D eigenvalue weighted by atomic mass is 10.2. The smallest absolute Gasteiger partial charge is 0.261 e. The Bertz CT molecular complexity index is 1220. The third kappa shape index (κ3) is 4.00. The van der Waals surface area contributed by atoms with Crippen LogP contribution in [0.5, 0.6) is 11.5 Å². The Balaban J connectivity index is 1.36. The zero-order valence-electron chi connectivity index (χ0n) is 16.7. The zero-order valence-corrected chi connectivity index (χ0v) is 16.7. The summed E-state index contributed by atoms with van der Waals surface area (Å²) in [6.45, 7) is 1.79. The highest BCUT2D eigenvalue weighted by Gasteiger charge is 2.16. The van der Waals surface area contributed by atoms with Crippen LogP contribution in [-0.4, -0.2) is 33.7 Å². The molecule has 0 spiro atoms. The number of hydrogen-bond acceptors (Lipinski definition) is 6. The summed E-state index contributed by atoms with van der Waals surface area (Å²) in [6, 6.07) is 17.0. The molecule has 0 radical (unpaired) electrons. The van der Waals surface area contributed by atoms with Crippen LogP contribution in [0.3, 0.4) is 0 Å². The number of nitrogens with zero attached hydrogens (tertiary/aromatic N) is 3. The van der Waals surface area contributed by atoms with Gasteiger partial charge in [0.2, 0.25) is 0 Å². The Morgan fingerprint density at radius 1 is 1.03 bits per heavy atom. The first-order valence-electron chi connectivity index (χ1n) is 10.1. The number of para-hydroxylation sites is 2. The predicted octanol–water partition coefficient (Wildman–Crippen LogP) is 3.76. The van der Waals surface area contributed by atoms with Crippen LogP contribution in [0.25, 0.3) is 5.65 Å². The molecule has 0 atom stereocenters. The summed E-state index contributed by atoms with van der Waals surface area (Å²) >= 11 is 0. The summed E-state index contributed by atoms with van der Waals surface area (Å²) in [7, 11) is 0. The van der Waals surface area contributed by atoms with Gasteiger partial charge < -0.3 is 20.1 Å². The minimum atomic E-state index is -0.259. The molecule has 3 heterocycles. The molecule has 1 aliphatic heterocycles. The molecule has 0 unspecified atom stereocenters. The number of benzene rings is 2. The second kappa shape index (κ2) is 8.35. The molecule has 8 heteroatoms. The van der Waals surface area contributed by atoms with E-state index in [2.05, 4.69) is 20.7 Å². The number of amides is 1. The number of aromatic nitrogens is 3. The maximum Gasteiger partial charge on any atom is 0.261 e. The lowest BCUT2D eigenvalue weighted by molar-refractivity contribution is 0.102. The molecule has 8 nitrogen and oxygen atoms in total. The predicted molar refractivity (Wildman–Crippen MR) is 117 cm³/mol. The van der Waals surface area contributed by atoms with Crippen molar-refractivity contribution < 1.29 is 14.3 Å². The summed E-state index contributed by atoms with van der Waals surface area (Å²) in [4.78, 5) is 17.3. The standard InChI is InChI=1S/C23H21N5O3/c29-23(26-17-7-2-1-3-8-17)18-15-25-28-11-10-20(27-22(18)28)24-14-16-6-4-9-19-21(16)31-13-5-12-30-19/h1-4,6-11,15H,5,12-14H2,(H,24,27)(H,26,29). The van der Waals surface area contributed by atoms with Gasteiger partial charge in [0, 0.05) is 30.4 Å². The maximum absolute atomic E-state index is 12.7. The van der Waals surface area contributed by atoms with Gasteiger partial charge in [-0.25, -0.2) is 9.50 Å². The van der Waals surface area contributed by atoms with Gasteiger partial charge in [0.15, 0.2) is 17.1 Å². The van der Waals surface area contributed by atoms with Gasteiger partial charge in [0.05, 0.1) is 19.4 Å². The fourth-order valence-electron chi connectivity index (χ4n) is 3.43. The second-order valence-electron chi connectivity index (χ2n) is 7.11. The van der Waals surface area contributed by atoms with E-state index < -0.39 is 0 Å². The highest BCUT2D eigenvalue weighted by Crippen LogP contribution is 2.33. The number of hydrogen-bond donors (Lipinski definition) is 2. The first-order chi connectivity index (χ1) is 15.3.